The van der Waals surface area contributed by atoms with Crippen LogP contribution in [0.5, 0.6) is 5.75 Å². The van der Waals surface area contributed by atoms with Crippen molar-refractivity contribution >= 4 is 22.5 Å². The lowest BCUT2D eigenvalue weighted by atomic mass is 10.0. The van der Waals surface area contributed by atoms with Gasteiger partial charge in [0, 0.05) is 12.5 Å². The first kappa shape index (κ1) is 13.1. The monoisotopic (exact) mass is 258 g/mol. The van der Waals surface area contributed by atoms with E-state index in [1.165, 1.54) is 13.0 Å². The molecular formula is C15H14O4. The molecular weight excluding hydrogens is 244 g/mol. The number of aromatic hydroxyl groups is 1. The van der Waals surface area contributed by atoms with Gasteiger partial charge >= 0.3 is 0 Å². The molecule has 0 aliphatic carbocycles. The summed E-state index contributed by atoms with van der Waals surface area (Å²) < 4.78 is 5.31. The molecule has 0 amide bonds. The van der Waals surface area contributed by atoms with Gasteiger partial charge < -0.3 is 9.52 Å². The maximum absolute atomic E-state index is 11.9. The first-order chi connectivity index (χ1) is 8.95. The van der Waals surface area contributed by atoms with Crippen LogP contribution in [0.3, 0.4) is 0 Å². The van der Waals surface area contributed by atoms with E-state index >= 15 is 0 Å². The molecule has 0 saturated heterocycles. The molecule has 0 atom stereocenters. The van der Waals surface area contributed by atoms with Crippen molar-refractivity contribution in [3.8, 4) is 5.75 Å². The van der Waals surface area contributed by atoms with Gasteiger partial charge in [0.25, 0.3) is 0 Å². The molecule has 1 aromatic heterocycles. The number of hydrogen-bond donors (Lipinski definition) is 1. The Bertz CT molecular complexity index is 704. The van der Waals surface area contributed by atoms with Gasteiger partial charge in [-0.1, -0.05) is 6.08 Å². The number of fused-ring (bicyclic) bond motifs is 1. The molecule has 4 heteroatoms. The Labute approximate surface area is 110 Å². The van der Waals surface area contributed by atoms with E-state index in [-0.39, 0.29) is 23.1 Å². The van der Waals surface area contributed by atoms with Crippen LogP contribution in [0.2, 0.25) is 0 Å². The van der Waals surface area contributed by atoms with E-state index in [1.54, 1.807) is 32.1 Å². The summed E-state index contributed by atoms with van der Waals surface area (Å²) in [5, 5.41) is 10.3. The number of furan rings is 1. The average molecular weight is 258 g/mol. The third kappa shape index (κ3) is 2.17. The Hall–Kier alpha value is -2.36. The molecule has 2 aromatic rings. The number of allylic oxidation sites excluding steroid dienone is 2. The lowest BCUT2D eigenvalue weighted by Gasteiger charge is -2.01. The van der Waals surface area contributed by atoms with E-state index in [2.05, 4.69) is 0 Å². The van der Waals surface area contributed by atoms with E-state index in [4.69, 9.17) is 4.42 Å². The second kappa shape index (κ2) is 4.72. The van der Waals surface area contributed by atoms with Crippen LogP contribution < -0.4 is 0 Å². The van der Waals surface area contributed by atoms with E-state index in [0.29, 0.717) is 16.5 Å². The van der Waals surface area contributed by atoms with Crippen molar-refractivity contribution in [2.24, 2.45) is 0 Å². The van der Waals surface area contributed by atoms with E-state index in [0.717, 1.165) is 5.56 Å². The second-order valence-corrected chi connectivity index (χ2v) is 4.36. The van der Waals surface area contributed by atoms with Gasteiger partial charge in [-0.3, -0.25) is 9.59 Å². The number of Topliss-reactive ketones (excluding diaryl/α,β-unsaturated/α-hetero) is 1. The highest BCUT2D eigenvalue weighted by molar-refractivity contribution is 6.09. The minimum atomic E-state index is -0.354. The predicted molar refractivity (Wildman–Crippen MR) is 71.8 cm³/mol. The molecule has 1 heterocycles. The van der Waals surface area contributed by atoms with Crippen molar-refractivity contribution in [1.29, 1.82) is 0 Å². The van der Waals surface area contributed by atoms with E-state index in [1.807, 2.05) is 0 Å². The number of aryl methyl sites for hydroxylation is 1. The molecule has 0 aliphatic rings. The van der Waals surface area contributed by atoms with Gasteiger partial charge in [0.05, 0.1) is 5.39 Å². The highest BCUT2D eigenvalue weighted by atomic mass is 16.4. The van der Waals surface area contributed by atoms with Crippen LogP contribution >= 0.6 is 0 Å². The normalized spacial score (nSPS) is 11.3. The van der Waals surface area contributed by atoms with E-state index in [9.17, 15) is 14.7 Å². The zero-order valence-electron chi connectivity index (χ0n) is 11.0. The van der Waals surface area contributed by atoms with Crippen LogP contribution in [-0.4, -0.2) is 16.7 Å². The minimum Gasteiger partial charge on any atom is -0.504 e. The molecule has 19 heavy (non-hydrogen) atoms. The minimum absolute atomic E-state index is 0.0787. The SMILES string of the molecule is C/C=C/C(=O)c1cc2c(O)c(C(C)=O)oc2cc1C. The lowest BCUT2D eigenvalue weighted by molar-refractivity contribution is 0.0984. The zero-order valence-corrected chi connectivity index (χ0v) is 11.0. The Morgan fingerprint density at radius 2 is 2.00 bits per heavy atom. The highest BCUT2D eigenvalue weighted by Gasteiger charge is 2.19. The Morgan fingerprint density at radius 1 is 1.32 bits per heavy atom. The molecule has 4 nitrogen and oxygen atoms in total. The fraction of sp³-hybridized carbons (Fsp3) is 0.200. The van der Waals surface area contributed by atoms with Gasteiger partial charge in [-0.2, -0.15) is 0 Å². The summed E-state index contributed by atoms with van der Waals surface area (Å²) in [5.41, 5.74) is 1.62. The molecule has 2 rings (SSSR count). The Kier molecular flexibility index (Phi) is 3.25. The molecule has 1 N–H and O–H groups in total. The van der Waals surface area contributed by atoms with Crippen molar-refractivity contribution in [1.82, 2.24) is 0 Å². The van der Waals surface area contributed by atoms with Crippen LogP contribution in [0.25, 0.3) is 11.0 Å². The Morgan fingerprint density at radius 3 is 2.58 bits per heavy atom. The van der Waals surface area contributed by atoms with Crippen LogP contribution in [0, 0.1) is 6.92 Å². The van der Waals surface area contributed by atoms with Crippen molar-refractivity contribution in [2.75, 3.05) is 0 Å². The molecule has 0 bridgehead atoms. The summed E-state index contributed by atoms with van der Waals surface area (Å²) in [6.45, 7) is 4.86. The highest BCUT2D eigenvalue weighted by Crippen LogP contribution is 2.34. The first-order valence-corrected chi connectivity index (χ1v) is 5.89. The van der Waals surface area contributed by atoms with Gasteiger partial charge in [0.1, 0.15) is 5.58 Å². The largest absolute Gasteiger partial charge is 0.504 e. The van der Waals surface area contributed by atoms with Gasteiger partial charge in [0.15, 0.2) is 17.3 Å². The molecule has 0 saturated carbocycles. The van der Waals surface area contributed by atoms with Gasteiger partial charge in [-0.15, -0.1) is 0 Å². The fourth-order valence-corrected chi connectivity index (χ4v) is 1.98. The third-order valence-electron chi connectivity index (χ3n) is 2.91. The third-order valence-corrected chi connectivity index (χ3v) is 2.91. The standard InChI is InChI=1S/C15H14O4/c1-4-5-12(17)10-7-11-13(6-8(10)2)19-15(9(3)16)14(11)18/h4-7,18H,1-3H3/b5-4+. The van der Waals surface area contributed by atoms with Crippen molar-refractivity contribution in [3.05, 3.63) is 41.2 Å². The fourth-order valence-electron chi connectivity index (χ4n) is 1.98. The van der Waals surface area contributed by atoms with Crippen LogP contribution in [0.1, 0.15) is 40.3 Å². The van der Waals surface area contributed by atoms with Gasteiger partial charge in [0.2, 0.25) is 5.76 Å². The van der Waals surface area contributed by atoms with Crippen LogP contribution in [0.15, 0.2) is 28.7 Å². The average Bonchev–Trinajstić information content (AvgIpc) is 2.65. The zero-order chi connectivity index (χ0) is 14.2. The number of rotatable bonds is 3. The number of ketones is 2. The second-order valence-electron chi connectivity index (χ2n) is 4.36. The lowest BCUT2D eigenvalue weighted by Crippen LogP contribution is -1.97. The predicted octanol–water partition coefficient (Wildman–Crippen LogP) is 3.41. The number of carbonyl (C=O) groups excluding carboxylic acids is 2. The Balaban J connectivity index is 2.71. The topological polar surface area (TPSA) is 67.5 Å². The quantitative estimate of drug-likeness (QED) is 0.676. The maximum atomic E-state index is 11.9. The molecule has 0 fully saturated rings. The maximum Gasteiger partial charge on any atom is 0.212 e. The van der Waals surface area contributed by atoms with Crippen molar-refractivity contribution in [3.63, 3.8) is 0 Å². The summed E-state index contributed by atoms with van der Waals surface area (Å²) >= 11 is 0. The molecule has 0 spiro atoms. The molecule has 0 aliphatic heterocycles. The van der Waals surface area contributed by atoms with Gasteiger partial charge in [-0.05, 0) is 37.6 Å². The molecule has 0 radical (unpaired) electrons. The van der Waals surface area contributed by atoms with E-state index < -0.39 is 0 Å². The number of hydrogen-bond acceptors (Lipinski definition) is 4. The summed E-state index contributed by atoms with van der Waals surface area (Å²) in [6.07, 6.45) is 3.11. The smallest absolute Gasteiger partial charge is 0.212 e. The van der Waals surface area contributed by atoms with Crippen LogP contribution in [-0.2, 0) is 0 Å². The number of carbonyl (C=O) groups is 2. The summed E-state index contributed by atoms with van der Waals surface area (Å²) in [7, 11) is 0. The molecule has 98 valence electrons. The first-order valence-electron chi connectivity index (χ1n) is 5.89. The van der Waals surface area contributed by atoms with Crippen LogP contribution in [0.4, 0.5) is 0 Å². The van der Waals surface area contributed by atoms with Crippen molar-refractivity contribution in [2.45, 2.75) is 20.8 Å². The van der Waals surface area contributed by atoms with Crippen molar-refractivity contribution < 1.29 is 19.1 Å². The molecule has 0 unspecified atom stereocenters. The summed E-state index contributed by atoms with van der Waals surface area (Å²) in [4.78, 5) is 23.2. The molecule has 1 aromatic carbocycles. The van der Waals surface area contributed by atoms with Gasteiger partial charge in [-0.25, -0.2) is 0 Å². The number of benzene rings is 1. The summed E-state index contributed by atoms with van der Waals surface area (Å²) in [5.74, 6) is -0.790. The summed E-state index contributed by atoms with van der Waals surface area (Å²) in [6, 6.07) is 3.20.